The summed E-state index contributed by atoms with van der Waals surface area (Å²) in [6.45, 7) is 0. The van der Waals surface area contributed by atoms with Crippen molar-refractivity contribution in [1.82, 2.24) is 18.5 Å². The van der Waals surface area contributed by atoms with Crippen LogP contribution in [0.4, 0.5) is 0 Å². The molecule has 1 aliphatic heterocycles. The van der Waals surface area contributed by atoms with Crippen molar-refractivity contribution in [3.63, 3.8) is 0 Å². The fraction of sp³-hybridized carbons (Fsp3) is 0.0200. The molecule has 0 amide bonds. The summed E-state index contributed by atoms with van der Waals surface area (Å²) in [5, 5.41) is 2.39. The summed E-state index contributed by atoms with van der Waals surface area (Å²) in [5.41, 5.74) is 15.7. The van der Waals surface area contributed by atoms with Gasteiger partial charge in [0.15, 0.2) is 0 Å². The fourth-order valence-electron chi connectivity index (χ4n) is 9.97. The largest absolute Gasteiger partial charge is 0.457 e. The number of benzene rings is 8. The Balaban J connectivity index is 1.08. The molecule has 5 heteroatoms. The van der Waals surface area contributed by atoms with Gasteiger partial charge in [-0.1, -0.05) is 109 Å². The van der Waals surface area contributed by atoms with Gasteiger partial charge in [0.1, 0.15) is 11.5 Å². The second-order valence-corrected chi connectivity index (χ2v) is 14.7. The van der Waals surface area contributed by atoms with Crippen LogP contribution < -0.4 is 4.74 Å². The predicted octanol–water partition coefficient (Wildman–Crippen LogP) is 12.0. The van der Waals surface area contributed by atoms with Gasteiger partial charge in [-0.25, -0.2) is 4.98 Å². The number of fused-ring (bicyclic) bond motifs is 17. The van der Waals surface area contributed by atoms with Crippen molar-refractivity contribution in [1.29, 1.82) is 0 Å². The normalized spacial score (nSPS) is 13.7. The van der Waals surface area contributed by atoms with Gasteiger partial charge in [0.2, 0.25) is 5.78 Å². The number of hydrogen-bond acceptors (Lipinski definition) is 2. The van der Waals surface area contributed by atoms with Crippen molar-refractivity contribution in [2.45, 2.75) is 5.41 Å². The standard InChI is InChI=1S/C50H30N4O/c1-4-16-37-33(13-1)34-14-2-5-17-38(34)50(37)39-18-6-12-24-47(39)55-48-28-26-32(30-40(48)50)52-42-20-8-3-15-35(42)36-29-31(25-27-43(36)52)53-45-22-10-11-23-46(45)54-44-21-9-7-19-41(44)51-49(53)54/h1-30H. The van der Waals surface area contributed by atoms with Crippen LogP contribution in [0.25, 0.3) is 72.2 Å². The highest BCUT2D eigenvalue weighted by Gasteiger charge is 2.51. The molecule has 4 heterocycles. The van der Waals surface area contributed by atoms with Crippen LogP contribution in [0.1, 0.15) is 22.3 Å². The third kappa shape index (κ3) is 3.60. The average molecular weight is 703 g/mol. The van der Waals surface area contributed by atoms with Gasteiger partial charge in [-0.2, -0.15) is 0 Å². The van der Waals surface area contributed by atoms with Gasteiger partial charge in [0.25, 0.3) is 0 Å². The van der Waals surface area contributed by atoms with Crippen LogP contribution in [0.2, 0.25) is 0 Å². The molecule has 2 aliphatic rings. The molecular formula is C50H30N4O. The fourth-order valence-corrected chi connectivity index (χ4v) is 9.97. The number of para-hydroxylation sites is 6. The molecule has 0 saturated heterocycles. The van der Waals surface area contributed by atoms with Gasteiger partial charge in [-0.05, 0) is 95.1 Å². The van der Waals surface area contributed by atoms with E-state index in [9.17, 15) is 0 Å². The highest BCUT2D eigenvalue weighted by atomic mass is 16.5. The molecule has 0 unspecified atom stereocenters. The van der Waals surface area contributed by atoms with Crippen molar-refractivity contribution in [3.8, 4) is 34.0 Å². The molecule has 11 aromatic rings. The molecule has 0 radical (unpaired) electrons. The van der Waals surface area contributed by atoms with E-state index < -0.39 is 5.41 Å². The summed E-state index contributed by atoms with van der Waals surface area (Å²) < 4.78 is 13.8. The van der Waals surface area contributed by atoms with Gasteiger partial charge in [-0.15, -0.1) is 0 Å². The molecule has 0 saturated carbocycles. The number of ether oxygens (including phenoxy) is 1. The van der Waals surface area contributed by atoms with Crippen LogP contribution >= 0.6 is 0 Å². The van der Waals surface area contributed by atoms with E-state index in [-0.39, 0.29) is 0 Å². The van der Waals surface area contributed by atoms with E-state index in [1.54, 1.807) is 0 Å². The Labute approximate surface area is 315 Å². The van der Waals surface area contributed by atoms with E-state index in [2.05, 4.69) is 196 Å². The van der Waals surface area contributed by atoms with Crippen molar-refractivity contribution in [2.75, 3.05) is 0 Å². The van der Waals surface area contributed by atoms with Crippen LogP contribution in [0, 0.1) is 0 Å². The third-order valence-electron chi connectivity index (χ3n) is 12.1. The first-order valence-corrected chi connectivity index (χ1v) is 18.8. The van der Waals surface area contributed by atoms with Crippen molar-refractivity contribution < 1.29 is 4.74 Å². The molecular weight excluding hydrogens is 673 g/mol. The molecule has 256 valence electrons. The second kappa shape index (κ2) is 10.4. The average Bonchev–Trinajstić information content (AvgIpc) is 3.96. The minimum atomic E-state index is -0.534. The van der Waals surface area contributed by atoms with E-state index in [1.165, 1.54) is 38.6 Å². The summed E-state index contributed by atoms with van der Waals surface area (Å²) in [4.78, 5) is 5.16. The lowest BCUT2D eigenvalue weighted by molar-refractivity contribution is 0.436. The topological polar surface area (TPSA) is 36.4 Å². The number of aromatic nitrogens is 4. The zero-order chi connectivity index (χ0) is 35.8. The SMILES string of the molecule is c1ccc2c(c1)Oc1ccc(-n3c4ccccc4c4cc(-n5c6ccccc6n6c7ccccc7nc56)ccc43)cc1C21c2ccccc2-c2ccccc21. The van der Waals surface area contributed by atoms with E-state index >= 15 is 0 Å². The Hall–Kier alpha value is -7.37. The molecule has 8 aromatic carbocycles. The highest BCUT2D eigenvalue weighted by molar-refractivity contribution is 6.10. The van der Waals surface area contributed by atoms with Crippen molar-refractivity contribution in [2.24, 2.45) is 0 Å². The summed E-state index contributed by atoms with van der Waals surface area (Å²) in [7, 11) is 0. The Morgan fingerprint density at radius 2 is 0.982 bits per heavy atom. The first kappa shape index (κ1) is 29.1. The van der Waals surface area contributed by atoms with Crippen LogP contribution in [0.3, 0.4) is 0 Å². The molecule has 55 heavy (non-hydrogen) atoms. The maximum absolute atomic E-state index is 6.77. The van der Waals surface area contributed by atoms with E-state index in [0.29, 0.717) is 0 Å². The van der Waals surface area contributed by atoms with E-state index in [1.807, 2.05) is 0 Å². The summed E-state index contributed by atoms with van der Waals surface area (Å²) in [5.74, 6) is 2.69. The zero-order valence-corrected chi connectivity index (χ0v) is 29.5. The molecule has 1 spiro atoms. The summed E-state index contributed by atoms with van der Waals surface area (Å²) >= 11 is 0. The summed E-state index contributed by atoms with van der Waals surface area (Å²) in [6.07, 6.45) is 0. The molecule has 0 bridgehead atoms. The Morgan fingerprint density at radius 1 is 0.400 bits per heavy atom. The van der Waals surface area contributed by atoms with E-state index in [0.717, 1.165) is 67.3 Å². The zero-order valence-electron chi connectivity index (χ0n) is 29.5. The minimum Gasteiger partial charge on any atom is -0.457 e. The number of hydrogen-bond donors (Lipinski definition) is 0. The molecule has 0 N–H and O–H groups in total. The molecule has 1 aliphatic carbocycles. The first-order valence-electron chi connectivity index (χ1n) is 18.8. The third-order valence-corrected chi connectivity index (χ3v) is 12.1. The van der Waals surface area contributed by atoms with Crippen LogP contribution in [0.15, 0.2) is 182 Å². The maximum atomic E-state index is 6.77. The van der Waals surface area contributed by atoms with Gasteiger partial charge < -0.3 is 9.30 Å². The molecule has 13 rings (SSSR count). The van der Waals surface area contributed by atoms with Crippen LogP contribution in [-0.2, 0) is 5.41 Å². The second-order valence-electron chi connectivity index (χ2n) is 14.7. The van der Waals surface area contributed by atoms with Crippen molar-refractivity contribution >= 4 is 49.7 Å². The number of imidazole rings is 2. The molecule has 0 fully saturated rings. The monoisotopic (exact) mass is 702 g/mol. The number of nitrogens with zero attached hydrogens (tertiary/aromatic N) is 4. The van der Waals surface area contributed by atoms with Gasteiger partial charge in [0.05, 0.1) is 38.5 Å². The lowest BCUT2D eigenvalue weighted by atomic mass is 9.66. The van der Waals surface area contributed by atoms with E-state index in [4.69, 9.17) is 9.72 Å². The van der Waals surface area contributed by atoms with Crippen molar-refractivity contribution in [3.05, 3.63) is 204 Å². The molecule has 3 aromatic heterocycles. The first-order chi connectivity index (χ1) is 27.3. The predicted molar refractivity (Wildman–Crippen MR) is 221 cm³/mol. The smallest absolute Gasteiger partial charge is 0.220 e. The van der Waals surface area contributed by atoms with Crippen LogP contribution in [-0.4, -0.2) is 18.5 Å². The molecule has 0 atom stereocenters. The van der Waals surface area contributed by atoms with Gasteiger partial charge in [0, 0.05) is 33.3 Å². The number of rotatable bonds is 2. The summed E-state index contributed by atoms with van der Waals surface area (Å²) in [6, 6.07) is 65.7. The minimum absolute atomic E-state index is 0.534. The van der Waals surface area contributed by atoms with Gasteiger partial charge in [-0.3, -0.25) is 8.97 Å². The Morgan fingerprint density at radius 3 is 1.80 bits per heavy atom. The lowest BCUT2D eigenvalue weighted by Crippen LogP contribution is -2.32. The Bertz CT molecular complexity index is 3390. The Kier molecular flexibility index (Phi) is 5.51. The van der Waals surface area contributed by atoms with Gasteiger partial charge >= 0.3 is 0 Å². The quantitative estimate of drug-likeness (QED) is 0.180. The highest BCUT2D eigenvalue weighted by Crippen LogP contribution is 2.62. The maximum Gasteiger partial charge on any atom is 0.220 e. The van der Waals surface area contributed by atoms with Crippen LogP contribution in [0.5, 0.6) is 11.5 Å². The molecule has 5 nitrogen and oxygen atoms in total. The lowest BCUT2D eigenvalue weighted by Gasteiger charge is -2.39.